The molecule has 2 N–H and O–H groups in total. The quantitative estimate of drug-likeness (QED) is 0.523. The molecule has 0 bridgehead atoms. The van der Waals surface area contributed by atoms with E-state index >= 15 is 0 Å². The predicted molar refractivity (Wildman–Crippen MR) is 125 cm³/mol. The first-order valence-corrected chi connectivity index (χ1v) is 13.0. The van der Waals surface area contributed by atoms with Crippen LogP contribution in [-0.4, -0.2) is 61.6 Å². The van der Waals surface area contributed by atoms with Gasteiger partial charge in [0.05, 0.1) is 21.6 Å². The Morgan fingerprint density at radius 2 is 1.83 bits per heavy atom. The summed E-state index contributed by atoms with van der Waals surface area (Å²) in [5.41, 5.74) is -5.11. The number of hydrogen-bond acceptors (Lipinski definition) is 8. The lowest BCUT2D eigenvalue weighted by atomic mass is 9.95. The van der Waals surface area contributed by atoms with E-state index in [1.807, 2.05) is 13.8 Å². The van der Waals surface area contributed by atoms with E-state index < -0.39 is 69.0 Å². The maximum Gasteiger partial charge on any atom is 0.423 e. The molecule has 0 saturated heterocycles. The van der Waals surface area contributed by atoms with Gasteiger partial charge < -0.3 is 19.9 Å². The van der Waals surface area contributed by atoms with Crippen molar-refractivity contribution in [1.82, 2.24) is 10.3 Å². The first-order valence-electron chi connectivity index (χ1n) is 11.1. The van der Waals surface area contributed by atoms with Crippen LogP contribution in [0.2, 0.25) is 0 Å². The first-order chi connectivity index (χ1) is 16.4. The van der Waals surface area contributed by atoms with Gasteiger partial charge in [0.2, 0.25) is 5.60 Å². The summed E-state index contributed by atoms with van der Waals surface area (Å²) >= 11 is 0. The summed E-state index contributed by atoms with van der Waals surface area (Å²) in [5, 5.41) is 12.8. The van der Waals surface area contributed by atoms with Crippen molar-refractivity contribution in [2.24, 2.45) is 4.36 Å². The fraction of sp³-hybridized carbons (Fsp3) is 0.636. The summed E-state index contributed by atoms with van der Waals surface area (Å²) in [6, 6.07) is 0.742. The van der Waals surface area contributed by atoms with Crippen LogP contribution in [0.3, 0.4) is 0 Å². The third-order valence-corrected chi connectivity index (χ3v) is 6.87. The van der Waals surface area contributed by atoms with Gasteiger partial charge in [-0.3, -0.25) is 14.6 Å². The maximum atomic E-state index is 13.8. The van der Waals surface area contributed by atoms with Crippen molar-refractivity contribution in [3.63, 3.8) is 0 Å². The van der Waals surface area contributed by atoms with Crippen LogP contribution in [0.4, 0.5) is 18.0 Å². The number of pyridine rings is 1. The molecule has 0 spiro atoms. The molecule has 2 rings (SSSR count). The molecule has 2 heterocycles. The number of carbonyl (C=O) groups is 3. The van der Waals surface area contributed by atoms with Gasteiger partial charge in [0, 0.05) is 24.9 Å². The molecule has 36 heavy (non-hydrogen) atoms. The molecular weight excluding hydrogens is 507 g/mol. The van der Waals surface area contributed by atoms with Crippen LogP contribution in [0.5, 0.6) is 5.75 Å². The minimum Gasteiger partial charge on any atom is -0.444 e. The molecule has 3 unspecified atom stereocenters. The topological polar surface area (TPSA) is 144 Å². The summed E-state index contributed by atoms with van der Waals surface area (Å²) in [5.74, 6) is -2.81. The second-order valence-electron chi connectivity index (χ2n) is 8.68. The fourth-order valence-electron chi connectivity index (χ4n) is 3.00. The number of esters is 1. The predicted octanol–water partition coefficient (Wildman–Crippen LogP) is 3.46. The average molecular weight is 540 g/mol. The SMILES string of the molecule is CC.CC(=O)Oc1ccc(C(O)(CCS2(=O)=NC(=O)C(NC(=O)OC(C)(C)C)CC2)C(F)(F)F)nc1. The Morgan fingerprint density at radius 1 is 1.22 bits per heavy atom. The van der Waals surface area contributed by atoms with Crippen LogP contribution in [0, 0.1) is 0 Å². The fourth-order valence-corrected chi connectivity index (χ4v) is 5.06. The molecule has 0 aromatic carbocycles. The normalized spacial score (nSPS) is 21.7. The van der Waals surface area contributed by atoms with E-state index in [0.717, 1.165) is 25.3 Å². The second kappa shape index (κ2) is 12.0. The number of nitrogens with zero attached hydrogens (tertiary/aromatic N) is 2. The van der Waals surface area contributed by atoms with Crippen LogP contribution >= 0.6 is 0 Å². The van der Waals surface area contributed by atoms with Crippen molar-refractivity contribution in [3.8, 4) is 5.75 Å². The molecule has 14 heteroatoms. The number of aromatic nitrogens is 1. The van der Waals surface area contributed by atoms with Gasteiger partial charge in [-0.2, -0.15) is 17.5 Å². The van der Waals surface area contributed by atoms with Gasteiger partial charge in [0.1, 0.15) is 17.4 Å². The highest BCUT2D eigenvalue weighted by Gasteiger charge is 2.56. The number of alkyl carbamates (subject to hydrolysis) is 1. The summed E-state index contributed by atoms with van der Waals surface area (Å²) < 4.78 is 67.6. The summed E-state index contributed by atoms with van der Waals surface area (Å²) in [6.07, 6.45) is -6.45. The standard InChI is InChI=1S/C20H26F3N3O7S.C2H6/c1-12(27)32-13-5-6-15(24-11-13)19(30,20(21,22)23)8-10-34(31)9-7-14(16(28)26-34)25-17(29)33-18(2,3)4;1-2/h5-6,11,14,30H,7-10H2,1-4H3,(H,25,29);1-2H3. The Hall–Kier alpha value is -2.74. The number of halogens is 3. The highest BCUT2D eigenvalue weighted by Crippen LogP contribution is 2.41. The number of aliphatic hydroxyl groups is 1. The zero-order valence-corrected chi connectivity index (χ0v) is 21.8. The Morgan fingerprint density at radius 3 is 2.28 bits per heavy atom. The minimum absolute atomic E-state index is 0.122. The van der Waals surface area contributed by atoms with Crippen LogP contribution in [0.25, 0.3) is 0 Å². The van der Waals surface area contributed by atoms with Crippen LogP contribution < -0.4 is 10.1 Å². The molecule has 0 saturated carbocycles. The Labute approximate surface area is 208 Å². The van der Waals surface area contributed by atoms with Gasteiger partial charge in [-0.15, -0.1) is 0 Å². The van der Waals surface area contributed by atoms with E-state index in [-0.39, 0.29) is 17.9 Å². The lowest BCUT2D eigenvalue weighted by Gasteiger charge is -2.31. The molecule has 2 amide bonds. The molecule has 1 aliphatic rings. The highest BCUT2D eigenvalue weighted by molar-refractivity contribution is 7.93. The van der Waals surface area contributed by atoms with E-state index in [1.54, 1.807) is 20.8 Å². The van der Waals surface area contributed by atoms with E-state index in [4.69, 9.17) is 9.47 Å². The Kier molecular flexibility index (Phi) is 10.4. The lowest BCUT2D eigenvalue weighted by Crippen LogP contribution is -2.47. The van der Waals surface area contributed by atoms with Gasteiger partial charge in [-0.05, 0) is 39.3 Å². The van der Waals surface area contributed by atoms with Crippen molar-refractivity contribution in [3.05, 3.63) is 24.0 Å². The third kappa shape index (κ3) is 8.73. The zero-order chi connectivity index (χ0) is 27.9. The van der Waals surface area contributed by atoms with Crippen LogP contribution in [0.1, 0.15) is 60.1 Å². The molecule has 3 atom stereocenters. The highest BCUT2D eigenvalue weighted by atomic mass is 32.2. The first kappa shape index (κ1) is 31.3. The van der Waals surface area contributed by atoms with E-state index in [0.29, 0.717) is 0 Å². The van der Waals surface area contributed by atoms with Crippen LogP contribution in [-0.2, 0) is 29.7 Å². The van der Waals surface area contributed by atoms with Crippen molar-refractivity contribution in [2.45, 2.75) is 77.8 Å². The molecule has 10 nitrogen and oxygen atoms in total. The van der Waals surface area contributed by atoms with Gasteiger partial charge >= 0.3 is 18.2 Å². The summed E-state index contributed by atoms with van der Waals surface area (Å²) in [6.45, 7) is 9.95. The van der Waals surface area contributed by atoms with Gasteiger partial charge in [-0.25, -0.2) is 9.00 Å². The summed E-state index contributed by atoms with van der Waals surface area (Å²) in [4.78, 5) is 38.6. The number of nitrogens with one attached hydrogen (secondary N) is 1. The number of rotatable bonds is 6. The summed E-state index contributed by atoms with van der Waals surface area (Å²) in [7, 11) is -3.44. The monoisotopic (exact) mass is 539 g/mol. The molecule has 0 fully saturated rings. The number of ether oxygens (including phenoxy) is 2. The van der Waals surface area contributed by atoms with Gasteiger partial charge in [0.15, 0.2) is 0 Å². The largest absolute Gasteiger partial charge is 0.444 e. The lowest BCUT2D eigenvalue weighted by molar-refractivity contribution is -0.268. The van der Waals surface area contributed by atoms with Crippen molar-refractivity contribution in [1.29, 1.82) is 0 Å². The van der Waals surface area contributed by atoms with E-state index in [2.05, 4.69) is 14.7 Å². The smallest absolute Gasteiger partial charge is 0.423 e. The molecule has 1 aromatic heterocycles. The molecular formula is C22H32F3N3O7S. The van der Waals surface area contributed by atoms with E-state index in [1.165, 1.54) is 0 Å². The molecule has 1 aliphatic heterocycles. The van der Waals surface area contributed by atoms with Crippen LogP contribution in [0.15, 0.2) is 22.7 Å². The molecule has 204 valence electrons. The average Bonchev–Trinajstić information content (AvgIpc) is 2.74. The molecule has 1 aromatic rings. The van der Waals surface area contributed by atoms with Gasteiger partial charge in [0.25, 0.3) is 5.91 Å². The Bertz CT molecular complexity index is 1060. The number of amides is 2. The van der Waals surface area contributed by atoms with Crippen molar-refractivity contribution < 1.29 is 46.3 Å². The molecule has 0 radical (unpaired) electrons. The van der Waals surface area contributed by atoms with Gasteiger partial charge in [-0.1, -0.05) is 13.8 Å². The number of carbonyl (C=O) groups excluding carboxylic acids is 3. The third-order valence-electron chi connectivity index (χ3n) is 4.64. The van der Waals surface area contributed by atoms with E-state index in [9.17, 15) is 36.9 Å². The molecule has 0 aliphatic carbocycles. The minimum atomic E-state index is -5.20. The maximum absolute atomic E-state index is 13.8. The number of hydrogen-bond donors (Lipinski definition) is 2. The Balaban J connectivity index is 0.00000316. The zero-order valence-electron chi connectivity index (χ0n) is 21.0. The van der Waals surface area contributed by atoms with Crippen molar-refractivity contribution in [2.75, 3.05) is 11.5 Å². The second-order valence-corrected chi connectivity index (χ2v) is 11.2. The van der Waals surface area contributed by atoms with Crippen molar-refractivity contribution >= 4 is 27.7 Å². The number of alkyl halides is 3.